The zero-order chi connectivity index (χ0) is 19.5. The maximum absolute atomic E-state index is 13.7. The van der Waals surface area contributed by atoms with Crippen molar-refractivity contribution in [3.63, 3.8) is 0 Å². The van der Waals surface area contributed by atoms with Crippen LogP contribution in [-0.4, -0.2) is 56.9 Å². The largest absolute Gasteiger partial charge is 0.353 e. The minimum atomic E-state index is -0.680. The number of nitrogens with zero attached hydrogens (tertiary/aromatic N) is 6. The van der Waals surface area contributed by atoms with Gasteiger partial charge >= 0.3 is 6.03 Å². The zero-order valence-electron chi connectivity index (χ0n) is 14.8. The smallest absolute Gasteiger partial charge is 0.322 e. The maximum Gasteiger partial charge on any atom is 0.322 e. The van der Waals surface area contributed by atoms with Crippen LogP contribution in [0.5, 0.6) is 0 Å². The van der Waals surface area contributed by atoms with E-state index in [9.17, 15) is 13.6 Å². The van der Waals surface area contributed by atoms with Gasteiger partial charge in [0.2, 0.25) is 0 Å². The van der Waals surface area contributed by atoms with Crippen LogP contribution in [0.25, 0.3) is 5.82 Å². The van der Waals surface area contributed by atoms with Crippen LogP contribution in [0.4, 0.5) is 25.1 Å². The number of hydrogen-bond acceptors (Lipinski definition) is 5. The first-order chi connectivity index (χ1) is 13.6. The number of urea groups is 1. The van der Waals surface area contributed by atoms with E-state index >= 15 is 0 Å². The molecule has 8 nitrogen and oxygen atoms in total. The summed E-state index contributed by atoms with van der Waals surface area (Å²) in [7, 11) is 0. The van der Waals surface area contributed by atoms with Gasteiger partial charge in [-0.05, 0) is 18.2 Å². The molecule has 2 aromatic heterocycles. The van der Waals surface area contributed by atoms with Gasteiger partial charge in [0, 0.05) is 50.7 Å². The molecule has 0 radical (unpaired) electrons. The molecule has 28 heavy (non-hydrogen) atoms. The Morgan fingerprint density at radius 2 is 1.82 bits per heavy atom. The number of amides is 2. The van der Waals surface area contributed by atoms with Gasteiger partial charge in [-0.2, -0.15) is 5.10 Å². The summed E-state index contributed by atoms with van der Waals surface area (Å²) in [5, 5.41) is 6.57. The molecule has 10 heteroatoms. The molecule has 1 fully saturated rings. The minimum absolute atomic E-state index is 0.174. The molecule has 0 unspecified atom stereocenters. The van der Waals surface area contributed by atoms with Gasteiger partial charge in [0.1, 0.15) is 23.8 Å². The average molecular weight is 385 g/mol. The van der Waals surface area contributed by atoms with Gasteiger partial charge in [0.05, 0.1) is 5.69 Å². The van der Waals surface area contributed by atoms with Crippen LogP contribution in [0, 0.1) is 11.6 Å². The van der Waals surface area contributed by atoms with E-state index in [0.717, 1.165) is 24.0 Å². The maximum atomic E-state index is 13.7. The van der Waals surface area contributed by atoms with E-state index in [1.807, 2.05) is 11.0 Å². The van der Waals surface area contributed by atoms with E-state index in [4.69, 9.17) is 0 Å². The van der Waals surface area contributed by atoms with E-state index in [2.05, 4.69) is 20.4 Å². The summed E-state index contributed by atoms with van der Waals surface area (Å²) in [6, 6.07) is 6.11. The second-order valence-electron chi connectivity index (χ2n) is 6.21. The number of halogens is 2. The third kappa shape index (κ3) is 3.75. The number of anilines is 2. The van der Waals surface area contributed by atoms with Crippen LogP contribution >= 0.6 is 0 Å². The van der Waals surface area contributed by atoms with Gasteiger partial charge in [-0.1, -0.05) is 0 Å². The normalized spacial score (nSPS) is 14.2. The lowest BCUT2D eigenvalue weighted by atomic mass is 10.3. The third-order valence-electron chi connectivity index (χ3n) is 4.44. The van der Waals surface area contributed by atoms with Gasteiger partial charge < -0.3 is 15.1 Å². The van der Waals surface area contributed by atoms with Gasteiger partial charge in [-0.15, -0.1) is 0 Å². The number of aromatic nitrogens is 4. The Bertz CT molecular complexity index is 972. The molecular formula is C18H17F2N7O. The molecule has 1 aromatic carbocycles. The molecule has 4 rings (SSSR count). The Balaban J connectivity index is 1.39. The number of benzene rings is 1. The molecule has 3 aromatic rings. The Labute approximate surface area is 159 Å². The molecule has 0 spiro atoms. The highest BCUT2D eigenvalue weighted by Gasteiger charge is 2.23. The van der Waals surface area contributed by atoms with Crippen molar-refractivity contribution < 1.29 is 13.6 Å². The molecule has 3 heterocycles. The molecule has 0 aliphatic carbocycles. The van der Waals surface area contributed by atoms with Crippen molar-refractivity contribution in [2.24, 2.45) is 0 Å². The van der Waals surface area contributed by atoms with E-state index in [1.54, 1.807) is 28.0 Å². The zero-order valence-corrected chi connectivity index (χ0v) is 14.8. The number of carbonyl (C=O) groups is 1. The number of carbonyl (C=O) groups excluding carboxylic acids is 1. The van der Waals surface area contributed by atoms with Crippen molar-refractivity contribution >= 4 is 17.5 Å². The van der Waals surface area contributed by atoms with Gasteiger partial charge in [-0.25, -0.2) is 28.2 Å². The Hall–Kier alpha value is -3.56. The Morgan fingerprint density at radius 1 is 1.04 bits per heavy atom. The van der Waals surface area contributed by atoms with Crippen LogP contribution in [0.2, 0.25) is 0 Å². The first kappa shape index (κ1) is 17.8. The Kier molecular flexibility index (Phi) is 4.83. The number of rotatable bonds is 3. The van der Waals surface area contributed by atoms with E-state index in [0.29, 0.717) is 32.0 Å². The molecule has 0 saturated carbocycles. The fourth-order valence-corrected chi connectivity index (χ4v) is 2.97. The highest BCUT2D eigenvalue weighted by Crippen LogP contribution is 2.18. The molecule has 0 atom stereocenters. The first-order valence-electron chi connectivity index (χ1n) is 8.68. The fourth-order valence-electron chi connectivity index (χ4n) is 2.97. The monoisotopic (exact) mass is 385 g/mol. The summed E-state index contributed by atoms with van der Waals surface area (Å²) < 4.78 is 28.6. The summed E-state index contributed by atoms with van der Waals surface area (Å²) >= 11 is 0. The molecule has 2 amide bonds. The standard InChI is InChI=1S/C18H17F2N7O/c19-13-2-3-14(20)15(10-13)24-18(28)26-8-6-25(7-9-26)16-11-17(22-12-21-16)27-5-1-4-23-27/h1-5,10-12H,6-9H2,(H,24,28). The van der Waals surface area contributed by atoms with Crippen molar-refractivity contribution in [1.29, 1.82) is 0 Å². The first-order valence-corrected chi connectivity index (χ1v) is 8.68. The van der Waals surface area contributed by atoms with Crippen LogP contribution in [0.3, 0.4) is 0 Å². The number of nitrogens with one attached hydrogen (secondary N) is 1. The molecule has 1 aliphatic rings. The lowest BCUT2D eigenvalue weighted by molar-refractivity contribution is 0.208. The SMILES string of the molecule is O=C(Nc1cc(F)ccc1F)N1CCN(c2cc(-n3cccn3)ncn2)CC1. The van der Waals surface area contributed by atoms with Gasteiger partial charge in [0.15, 0.2) is 5.82 Å². The highest BCUT2D eigenvalue weighted by molar-refractivity contribution is 5.89. The number of piperazine rings is 1. The summed E-state index contributed by atoms with van der Waals surface area (Å²) in [6.07, 6.45) is 4.93. The van der Waals surface area contributed by atoms with Crippen LogP contribution in [0.15, 0.2) is 49.1 Å². The average Bonchev–Trinajstić information content (AvgIpc) is 3.26. The third-order valence-corrected chi connectivity index (χ3v) is 4.44. The Morgan fingerprint density at radius 3 is 2.57 bits per heavy atom. The molecule has 144 valence electrons. The van der Waals surface area contributed by atoms with Gasteiger partial charge in [0.25, 0.3) is 0 Å². The highest BCUT2D eigenvalue weighted by atomic mass is 19.1. The second-order valence-corrected chi connectivity index (χ2v) is 6.21. The molecule has 0 bridgehead atoms. The lowest BCUT2D eigenvalue weighted by Crippen LogP contribution is -2.50. The quantitative estimate of drug-likeness (QED) is 0.748. The van der Waals surface area contributed by atoms with Crippen molar-refractivity contribution in [1.82, 2.24) is 24.6 Å². The lowest BCUT2D eigenvalue weighted by Gasteiger charge is -2.35. The summed E-state index contributed by atoms with van der Waals surface area (Å²) in [5.74, 6) is 0.0901. The predicted molar refractivity (Wildman–Crippen MR) is 98.3 cm³/mol. The molecule has 1 N–H and O–H groups in total. The summed E-state index contributed by atoms with van der Waals surface area (Å²) in [5.41, 5.74) is -0.174. The van der Waals surface area contributed by atoms with Crippen LogP contribution < -0.4 is 10.2 Å². The predicted octanol–water partition coefficient (Wildman–Crippen LogP) is 2.29. The topological polar surface area (TPSA) is 79.2 Å². The van der Waals surface area contributed by atoms with Crippen molar-refractivity contribution in [3.8, 4) is 5.82 Å². The fraction of sp³-hybridized carbons (Fsp3) is 0.222. The van der Waals surface area contributed by atoms with E-state index in [1.165, 1.54) is 6.33 Å². The minimum Gasteiger partial charge on any atom is -0.353 e. The van der Waals surface area contributed by atoms with Crippen LogP contribution in [-0.2, 0) is 0 Å². The van der Waals surface area contributed by atoms with E-state index in [-0.39, 0.29) is 5.69 Å². The molecule has 1 aliphatic heterocycles. The molecule has 1 saturated heterocycles. The van der Waals surface area contributed by atoms with Crippen molar-refractivity contribution in [2.45, 2.75) is 0 Å². The second kappa shape index (κ2) is 7.59. The van der Waals surface area contributed by atoms with Crippen molar-refractivity contribution in [3.05, 3.63) is 60.7 Å². The van der Waals surface area contributed by atoms with E-state index < -0.39 is 17.7 Å². The van der Waals surface area contributed by atoms with Crippen molar-refractivity contribution in [2.75, 3.05) is 36.4 Å². The number of hydrogen-bond donors (Lipinski definition) is 1. The summed E-state index contributed by atoms with van der Waals surface area (Å²) in [4.78, 5) is 24.4. The molecular weight excluding hydrogens is 368 g/mol. The van der Waals surface area contributed by atoms with Crippen LogP contribution in [0.1, 0.15) is 0 Å². The van der Waals surface area contributed by atoms with Gasteiger partial charge in [-0.3, -0.25) is 0 Å². The summed E-state index contributed by atoms with van der Waals surface area (Å²) in [6.45, 7) is 1.94.